The van der Waals surface area contributed by atoms with E-state index in [0.717, 1.165) is 28.8 Å². The van der Waals surface area contributed by atoms with Gasteiger partial charge in [0.15, 0.2) is 5.76 Å². The number of aliphatic hydroxyl groups excluding tert-OH is 1. The van der Waals surface area contributed by atoms with Crippen molar-refractivity contribution in [3.8, 4) is 0 Å². The molecule has 1 rings (SSSR count). The van der Waals surface area contributed by atoms with Crippen molar-refractivity contribution in [2.45, 2.75) is 33.2 Å². The van der Waals surface area contributed by atoms with Crippen LogP contribution in [-0.4, -0.2) is 16.0 Å². The third-order valence-corrected chi connectivity index (χ3v) is 2.84. The van der Waals surface area contributed by atoms with Gasteiger partial charge in [0, 0.05) is 6.42 Å². The monoisotopic (exact) mass is 298 g/mol. The van der Waals surface area contributed by atoms with E-state index in [1.165, 1.54) is 0 Å². The van der Waals surface area contributed by atoms with Gasteiger partial charge in [-0.1, -0.05) is 42.9 Å². The molecule has 1 N–H and O–H groups in total. The predicted molar refractivity (Wildman–Crippen MR) is 58.2 cm³/mol. The average molecular weight is 298 g/mol. The first-order chi connectivity index (χ1) is 6.17. The fraction of sp³-hybridized carbons (Fsp3) is 0.778. The van der Waals surface area contributed by atoms with E-state index in [9.17, 15) is 0 Å². The van der Waals surface area contributed by atoms with Crippen LogP contribution in [-0.2, 0) is 9.47 Å². The summed E-state index contributed by atoms with van der Waals surface area (Å²) in [6, 6.07) is 0. The van der Waals surface area contributed by atoms with Crippen LogP contribution in [0.4, 0.5) is 0 Å². The molecule has 0 bridgehead atoms. The number of halogens is 1. The van der Waals surface area contributed by atoms with E-state index >= 15 is 0 Å². The van der Waals surface area contributed by atoms with Crippen LogP contribution in [0.2, 0.25) is 0 Å². The maximum absolute atomic E-state index is 9.10. The first-order valence-electron chi connectivity index (χ1n) is 4.46. The lowest BCUT2D eigenvalue weighted by atomic mass is 10.0. The summed E-state index contributed by atoms with van der Waals surface area (Å²) in [6.07, 6.45) is 1.96. The Kier molecular flexibility index (Phi) is 4.31. The second-order valence-corrected chi connectivity index (χ2v) is 4.00. The Bertz CT molecular complexity index is 203. The van der Waals surface area contributed by atoms with E-state index in [1.807, 2.05) is 0 Å². The Morgan fingerprint density at radius 2 is 2.08 bits per heavy atom. The van der Waals surface area contributed by atoms with Gasteiger partial charge in [0.1, 0.15) is 5.76 Å². The number of allylic oxidation sites excluding steroid dienone is 2. The fourth-order valence-electron chi connectivity index (χ4n) is 1.13. The summed E-state index contributed by atoms with van der Waals surface area (Å²) < 4.78 is 11.0. The van der Waals surface area contributed by atoms with Crippen molar-refractivity contribution in [3.05, 3.63) is 11.5 Å². The van der Waals surface area contributed by atoms with Crippen LogP contribution in [0.25, 0.3) is 0 Å². The largest absolute Gasteiger partial charge is 0.433 e. The molecule has 0 saturated carbocycles. The molecule has 0 fully saturated rings. The standard InChI is InChI=1S/C9H15IO3/c1-3-6(2)4-7-8(5-10)13-9(11)12-7/h6,9,11H,3-5H2,1-2H3. The molecule has 1 aliphatic heterocycles. The molecule has 0 saturated heterocycles. The summed E-state index contributed by atoms with van der Waals surface area (Å²) in [7, 11) is 0. The second-order valence-electron chi connectivity index (χ2n) is 3.24. The highest BCUT2D eigenvalue weighted by atomic mass is 127. The normalized spacial score (nSPS) is 24.2. The number of aliphatic hydroxyl groups is 1. The molecule has 0 aromatic carbocycles. The summed E-state index contributed by atoms with van der Waals surface area (Å²) in [6.45, 7) is 3.22. The van der Waals surface area contributed by atoms with Gasteiger partial charge < -0.3 is 14.6 Å². The summed E-state index contributed by atoms with van der Waals surface area (Å²) in [4.78, 5) is 0. The molecule has 3 nitrogen and oxygen atoms in total. The minimum Gasteiger partial charge on any atom is -0.433 e. The minimum absolute atomic E-state index is 0.571. The number of rotatable bonds is 4. The Morgan fingerprint density at radius 1 is 1.46 bits per heavy atom. The summed E-state index contributed by atoms with van der Waals surface area (Å²) in [5.74, 6) is 2.17. The number of ether oxygens (including phenoxy) is 2. The predicted octanol–water partition coefficient (Wildman–Crippen LogP) is 2.39. The SMILES string of the molecule is CCC(C)CC1=C(CI)OC(O)O1. The number of alkyl halides is 1. The van der Waals surface area contributed by atoms with E-state index < -0.39 is 6.48 Å². The molecule has 0 aromatic rings. The zero-order valence-corrected chi connectivity index (χ0v) is 10.1. The van der Waals surface area contributed by atoms with E-state index in [2.05, 4.69) is 36.4 Å². The third-order valence-electron chi connectivity index (χ3n) is 2.15. The zero-order chi connectivity index (χ0) is 9.84. The summed E-state index contributed by atoms with van der Waals surface area (Å²) >= 11 is 2.20. The van der Waals surface area contributed by atoms with Gasteiger partial charge in [-0.25, -0.2) is 0 Å². The van der Waals surface area contributed by atoms with Crippen molar-refractivity contribution >= 4 is 22.6 Å². The average Bonchev–Trinajstić information content (AvgIpc) is 2.46. The summed E-state index contributed by atoms with van der Waals surface area (Å²) in [5.41, 5.74) is 0. The molecule has 4 heteroatoms. The molecule has 76 valence electrons. The molecule has 0 aromatic heterocycles. The van der Waals surface area contributed by atoms with Crippen molar-refractivity contribution in [2.75, 3.05) is 4.43 Å². The van der Waals surface area contributed by atoms with Crippen LogP contribution in [0.5, 0.6) is 0 Å². The smallest absolute Gasteiger partial charge is 0.357 e. The Labute approximate surface area is 92.2 Å². The third kappa shape index (κ3) is 3.02. The number of hydrogen-bond acceptors (Lipinski definition) is 3. The molecule has 1 aliphatic rings. The first kappa shape index (κ1) is 11.1. The zero-order valence-electron chi connectivity index (χ0n) is 7.92. The molecule has 2 unspecified atom stereocenters. The van der Waals surface area contributed by atoms with Crippen LogP contribution < -0.4 is 0 Å². The van der Waals surface area contributed by atoms with E-state index in [1.54, 1.807) is 0 Å². The topological polar surface area (TPSA) is 38.7 Å². The molecule has 0 aliphatic carbocycles. The van der Waals surface area contributed by atoms with Crippen LogP contribution in [0, 0.1) is 5.92 Å². The molecule has 2 atom stereocenters. The van der Waals surface area contributed by atoms with E-state index in [0.29, 0.717) is 5.92 Å². The number of hydrogen-bond donors (Lipinski definition) is 1. The maximum Gasteiger partial charge on any atom is 0.357 e. The highest BCUT2D eigenvalue weighted by Crippen LogP contribution is 2.28. The van der Waals surface area contributed by atoms with Gasteiger partial charge in [-0.05, 0) is 5.92 Å². The highest BCUT2D eigenvalue weighted by Gasteiger charge is 2.24. The van der Waals surface area contributed by atoms with Crippen molar-refractivity contribution in [3.63, 3.8) is 0 Å². The van der Waals surface area contributed by atoms with Crippen molar-refractivity contribution in [1.29, 1.82) is 0 Å². The van der Waals surface area contributed by atoms with Gasteiger partial charge >= 0.3 is 6.48 Å². The van der Waals surface area contributed by atoms with Crippen LogP contribution in [0.1, 0.15) is 26.7 Å². The molecule has 0 spiro atoms. The second kappa shape index (κ2) is 5.05. The van der Waals surface area contributed by atoms with Crippen LogP contribution in [0.3, 0.4) is 0 Å². The molecule has 0 radical (unpaired) electrons. The quantitative estimate of drug-likeness (QED) is 0.640. The van der Waals surface area contributed by atoms with Crippen molar-refractivity contribution in [1.82, 2.24) is 0 Å². The van der Waals surface area contributed by atoms with Crippen molar-refractivity contribution in [2.24, 2.45) is 5.92 Å². The van der Waals surface area contributed by atoms with Crippen LogP contribution >= 0.6 is 22.6 Å². The Balaban J connectivity index is 2.55. The Morgan fingerprint density at radius 3 is 2.62 bits per heavy atom. The van der Waals surface area contributed by atoms with Crippen LogP contribution in [0.15, 0.2) is 11.5 Å². The maximum atomic E-state index is 9.10. The summed E-state index contributed by atoms with van der Waals surface area (Å²) in [5, 5.41) is 9.10. The molecule has 0 amide bonds. The fourth-order valence-corrected chi connectivity index (χ4v) is 1.73. The van der Waals surface area contributed by atoms with Gasteiger partial charge in [0.2, 0.25) is 0 Å². The minimum atomic E-state index is -1.08. The van der Waals surface area contributed by atoms with E-state index in [-0.39, 0.29) is 0 Å². The first-order valence-corrected chi connectivity index (χ1v) is 5.99. The molecule has 13 heavy (non-hydrogen) atoms. The lowest BCUT2D eigenvalue weighted by Gasteiger charge is -2.08. The van der Waals surface area contributed by atoms with Gasteiger partial charge in [0.05, 0.1) is 4.43 Å². The lowest BCUT2D eigenvalue weighted by Crippen LogP contribution is -2.07. The van der Waals surface area contributed by atoms with E-state index in [4.69, 9.17) is 14.6 Å². The van der Waals surface area contributed by atoms with Gasteiger partial charge in [-0.15, -0.1) is 0 Å². The van der Waals surface area contributed by atoms with Gasteiger partial charge in [-0.3, -0.25) is 0 Å². The molecule has 1 heterocycles. The Hall–Kier alpha value is 0.0300. The molecular formula is C9H15IO3. The lowest BCUT2D eigenvalue weighted by molar-refractivity contribution is -0.193. The molecular weight excluding hydrogens is 283 g/mol. The van der Waals surface area contributed by atoms with Gasteiger partial charge in [-0.2, -0.15) is 0 Å². The van der Waals surface area contributed by atoms with Gasteiger partial charge in [0.25, 0.3) is 0 Å². The highest BCUT2D eigenvalue weighted by molar-refractivity contribution is 14.1. The van der Waals surface area contributed by atoms with Crippen molar-refractivity contribution < 1.29 is 14.6 Å².